The van der Waals surface area contributed by atoms with E-state index in [1.807, 2.05) is 36.7 Å². The van der Waals surface area contributed by atoms with E-state index in [2.05, 4.69) is 49.1 Å². The lowest BCUT2D eigenvalue weighted by atomic mass is 10.0. The molecule has 4 heterocycles. The molecular formula is C21H23N5OS. The van der Waals surface area contributed by atoms with Gasteiger partial charge in [-0.2, -0.15) is 0 Å². The SMILES string of the molecule is COCCCN1C(=S)N[C@@H](c2ccccn2)[C@@H]1c1cccn1-c1cccnc1. The maximum absolute atomic E-state index is 5.70. The summed E-state index contributed by atoms with van der Waals surface area (Å²) < 4.78 is 7.42. The minimum atomic E-state index is -0.0263. The van der Waals surface area contributed by atoms with Gasteiger partial charge in [-0.15, -0.1) is 0 Å². The van der Waals surface area contributed by atoms with Crippen LogP contribution in [0.1, 0.15) is 29.9 Å². The van der Waals surface area contributed by atoms with E-state index in [-0.39, 0.29) is 12.1 Å². The number of nitrogens with one attached hydrogen (secondary N) is 1. The van der Waals surface area contributed by atoms with Gasteiger partial charge in [-0.3, -0.25) is 9.97 Å². The van der Waals surface area contributed by atoms with E-state index in [9.17, 15) is 0 Å². The number of rotatable bonds is 7. The van der Waals surface area contributed by atoms with Gasteiger partial charge in [0.25, 0.3) is 0 Å². The molecule has 1 saturated heterocycles. The minimum Gasteiger partial charge on any atom is -0.385 e. The van der Waals surface area contributed by atoms with Crippen LogP contribution in [0.15, 0.2) is 67.3 Å². The summed E-state index contributed by atoms with van der Waals surface area (Å²) in [6, 6.07) is 14.2. The van der Waals surface area contributed by atoms with E-state index < -0.39 is 0 Å². The molecule has 0 saturated carbocycles. The maximum atomic E-state index is 5.70. The highest BCUT2D eigenvalue weighted by molar-refractivity contribution is 7.80. The number of pyridine rings is 2. The molecule has 0 unspecified atom stereocenters. The molecule has 0 aromatic carbocycles. The molecule has 0 radical (unpaired) electrons. The van der Waals surface area contributed by atoms with Crippen LogP contribution in [0.3, 0.4) is 0 Å². The Morgan fingerprint density at radius 3 is 2.82 bits per heavy atom. The predicted octanol–water partition coefficient (Wildman–Crippen LogP) is 3.28. The van der Waals surface area contributed by atoms with Gasteiger partial charge in [-0.1, -0.05) is 6.07 Å². The van der Waals surface area contributed by atoms with Crippen LogP contribution in [0.2, 0.25) is 0 Å². The summed E-state index contributed by atoms with van der Waals surface area (Å²) >= 11 is 5.70. The van der Waals surface area contributed by atoms with Gasteiger partial charge in [0.1, 0.15) is 0 Å². The molecule has 0 aliphatic carbocycles. The van der Waals surface area contributed by atoms with Crippen molar-refractivity contribution in [1.82, 2.24) is 24.8 Å². The molecular weight excluding hydrogens is 370 g/mol. The van der Waals surface area contributed by atoms with E-state index in [0.29, 0.717) is 6.61 Å². The molecule has 7 heteroatoms. The molecule has 3 aromatic heterocycles. The molecule has 1 fully saturated rings. The first-order chi connectivity index (χ1) is 13.8. The van der Waals surface area contributed by atoms with Crippen LogP contribution >= 0.6 is 12.2 Å². The van der Waals surface area contributed by atoms with E-state index in [1.165, 1.54) is 0 Å². The van der Waals surface area contributed by atoms with Crippen molar-refractivity contribution in [3.05, 3.63) is 78.6 Å². The number of hydrogen-bond donors (Lipinski definition) is 1. The van der Waals surface area contributed by atoms with Crippen molar-refractivity contribution >= 4 is 17.3 Å². The van der Waals surface area contributed by atoms with Gasteiger partial charge < -0.3 is 19.5 Å². The molecule has 144 valence electrons. The molecule has 0 spiro atoms. The summed E-state index contributed by atoms with van der Waals surface area (Å²) in [6.07, 6.45) is 8.45. The summed E-state index contributed by atoms with van der Waals surface area (Å²) in [4.78, 5) is 11.1. The van der Waals surface area contributed by atoms with Crippen LogP contribution in [0.5, 0.6) is 0 Å². The zero-order chi connectivity index (χ0) is 19.3. The summed E-state index contributed by atoms with van der Waals surface area (Å²) in [5.41, 5.74) is 3.15. The van der Waals surface area contributed by atoms with Crippen LogP contribution in [0.25, 0.3) is 5.69 Å². The number of methoxy groups -OCH3 is 1. The third-order valence-electron chi connectivity index (χ3n) is 4.95. The maximum Gasteiger partial charge on any atom is 0.170 e. The van der Waals surface area contributed by atoms with Gasteiger partial charge in [0.2, 0.25) is 0 Å². The normalized spacial score (nSPS) is 19.0. The van der Waals surface area contributed by atoms with Crippen molar-refractivity contribution in [3.63, 3.8) is 0 Å². The molecule has 0 bridgehead atoms. The third-order valence-corrected chi connectivity index (χ3v) is 5.31. The second kappa shape index (κ2) is 8.50. The first-order valence-corrected chi connectivity index (χ1v) is 9.75. The minimum absolute atomic E-state index is 0.0227. The Labute approximate surface area is 170 Å². The molecule has 2 atom stereocenters. The zero-order valence-electron chi connectivity index (χ0n) is 15.7. The Bertz CT molecular complexity index is 915. The lowest BCUT2D eigenvalue weighted by Gasteiger charge is -2.28. The number of aromatic nitrogens is 3. The lowest BCUT2D eigenvalue weighted by Crippen LogP contribution is -2.32. The van der Waals surface area contributed by atoms with Gasteiger partial charge in [0.15, 0.2) is 5.11 Å². The largest absolute Gasteiger partial charge is 0.385 e. The smallest absolute Gasteiger partial charge is 0.170 e. The van der Waals surface area contributed by atoms with Crippen molar-refractivity contribution in [2.24, 2.45) is 0 Å². The van der Waals surface area contributed by atoms with E-state index in [0.717, 1.165) is 35.2 Å². The highest BCUT2D eigenvalue weighted by atomic mass is 32.1. The van der Waals surface area contributed by atoms with Crippen molar-refractivity contribution in [3.8, 4) is 5.69 Å². The second-order valence-electron chi connectivity index (χ2n) is 6.68. The number of thiocarbonyl (C=S) groups is 1. The molecule has 4 rings (SSSR count). The average Bonchev–Trinajstić information content (AvgIpc) is 3.34. The van der Waals surface area contributed by atoms with Gasteiger partial charge >= 0.3 is 0 Å². The summed E-state index contributed by atoms with van der Waals surface area (Å²) in [5, 5.41) is 4.24. The fourth-order valence-corrected chi connectivity index (χ4v) is 4.05. The van der Waals surface area contributed by atoms with Gasteiger partial charge in [0.05, 0.1) is 29.7 Å². The monoisotopic (exact) mass is 393 g/mol. The summed E-state index contributed by atoms with van der Waals surface area (Å²) in [5.74, 6) is 0. The van der Waals surface area contributed by atoms with Crippen molar-refractivity contribution < 1.29 is 4.74 Å². The molecule has 3 aromatic rings. The Balaban J connectivity index is 1.75. The highest BCUT2D eigenvalue weighted by Crippen LogP contribution is 2.39. The van der Waals surface area contributed by atoms with E-state index in [1.54, 1.807) is 13.3 Å². The van der Waals surface area contributed by atoms with Crippen molar-refractivity contribution in [2.75, 3.05) is 20.3 Å². The van der Waals surface area contributed by atoms with Crippen LogP contribution in [0.4, 0.5) is 0 Å². The van der Waals surface area contributed by atoms with Crippen LogP contribution in [-0.4, -0.2) is 44.8 Å². The number of ether oxygens (including phenoxy) is 1. The first kappa shape index (κ1) is 18.6. The number of nitrogens with zero attached hydrogens (tertiary/aromatic N) is 4. The Morgan fingerprint density at radius 1 is 1.14 bits per heavy atom. The van der Waals surface area contributed by atoms with Crippen LogP contribution in [-0.2, 0) is 4.74 Å². The second-order valence-corrected chi connectivity index (χ2v) is 7.07. The fourth-order valence-electron chi connectivity index (χ4n) is 3.71. The standard InChI is InChI=1S/C21H23N5OS/c1-27-14-6-13-26-20(19(24-21(26)28)17-8-2-3-11-23-17)18-9-5-12-25(18)16-7-4-10-22-15-16/h2-5,7-12,15,19-20H,6,13-14H2,1H3,(H,24,28)/t19-,20-/m0/s1. The highest BCUT2D eigenvalue weighted by Gasteiger charge is 2.40. The predicted molar refractivity (Wildman–Crippen MR) is 112 cm³/mol. The first-order valence-electron chi connectivity index (χ1n) is 9.34. The van der Waals surface area contributed by atoms with E-state index >= 15 is 0 Å². The third kappa shape index (κ3) is 3.63. The lowest BCUT2D eigenvalue weighted by molar-refractivity contribution is 0.180. The van der Waals surface area contributed by atoms with Gasteiger partial charge in [0, 0.05) is 44.5 Å². The molecule has 1 N–H and O–H groups in total. The van der Waals surface area contributed by atoms with Gasteiger partial charge in [-0.25, -0.2) is 0 Å². The average molecular weight is 394 g/mol. The molecule has 0 amide bonds. The summed E-state index contributed by atoms with van der Waals surface area (Å²) in [6.45, 7) is 1.51. The molecule has 1 aliphatic heterocycles. The summed E-state index contributed by atoms with van der Waals surface area (Å²) in [7, 11) is 1.72. The Hall–Kier alpha value is -2.77. The zero-order valence-corrected chi connectivity index (χ0v) is 16.5. The fraction of sp³-hybridized carbons (Fsp3) is 0.286. The topological polar surface area (TPSA) is 55.2 Å². The molecule has 6 nitrogen and oxygen atoms in total. The van der Waals surface area contributed by atoms with Gasteiger partial charge in [-0.05, 0) is 55.0 Å². The molecule has 28 heavy (non-hydrogen) atoms. The van der Waals surface area contributed by atoms with Crippen LogP contribution in [0, 0.1) is 0 Å². The van der Waals surface area contributed by atoms with Crippen molar-refractivity contribution in [2.45, 2.75) is 18.5 Å². The van der Waals surface area contributed by atoms with E-state index in [4.69, 9.17) is 17.0 Å². The van der Waals surface area contributed by atoms with Crippen molar-refractivity contribution in [1.29, 1.82) is 0 Å². The quantitative estimate of drug-likeness (QED) is 0.491. The molecule has 1 aliphatic rings. The number of hydrogen-bond acceptors (Lipinski definition) is 4. The Morgan fingerprint density at radius 2 is 2.07 bits per heavy atom. The Kier molecular flexibility index (Phi) is 5.64. The van der Waals surface area contributed by atoms with Crippen LogP contribution < -0.4 is 5.32 Å².